The molecule has 17 heavy (non-hydrogen) atoms. The molecule has 1 aliphatic carbocycles. The summed E-state index contributed by atoms with van der Waals surface area (Å²) in [4.78, 5) is 2.02. The molecule has 2 nitrogen and oxygen atoms in total. The summed E-state index contributed by atoms with van der Waals surface area (Å²) in [6.07, 6.45) is 15.3. The third kappa shape index (κ3) is 3.31. The molecule has 0 aromatic rings. The van der Waals surface area contributed by atoms with Gasteiger partial charge in [0.2, 0.25) is 0 Å². The lowest BCUT2D eigenvalue weighted by molar-refractivity contribution is 0.0753. The topological polar surface area (TPSA) is 23.5 Å². The lowest BCUT2D eigenvalue weighted by Gasteiger charge is -2.31. The van der Waals surface area contributed by atoms with Crippen LogP contribution >= 0.6 is 0 Å². The molecule has 0 radical (unpaired) electrons. The van der Waals surface area contributed by atoms with Crippen LogP contribution in [0.4, 0.5) is 0 Å². The molecule has 0 bridgehead atoms. The van der Waals surface area contributed by atoms with E-state index in [2.05, 4.69) is 18.4 Å². The smallest absolute Gasteiger partial charge is 0.152 e. The highest BCUT2D eigenvalue weighted by Gasteiger charge is 2.18. The van der Waals surface area contributed by atoms with Gasteiger partial charge in [-0.2, -0.15) is 0 Å². The van der Waals surface area contributed by atoms with E-state index < -0.39 is 15.0 Å². The number of nitrogens with zero attached hydrogens (tertiary/aromatic N) is 1. The van der Waals surface area contributed by atoms with Gasteiger partial charge in [-0.3, -0.25) is 0 Å². The second-order valence-electron chi connectivity index (χ2n) is 4.51. The van der Waals surface area contributed by atoms with Crippen molar-refractivity contribution < 1.29 is 5.11 Å². The summed E-state index contributed by atoms with van der Waals surface area (Å²) in [5.74, 6) is 0. The molecule has 2 unspecified atom stereocenters. The van der Waals surface area contributed by atoms with E-state index in [4.69, 9.17) is 0 Å². The van der Waals surface area contributed by atoms with Crippen molar-refractivity contribution >= 4 is 8.80 Å². The van der Waals surface area contributed by atoms with Gasteiger partial charge in [0.05, 0.1) is 8.80 Å². The molecular weight excluding hydrogens is 226 g/mol. The summed E-state index contributed by atoms with van der Waals surface area (Å²) >= 11 is 0. The van der Waals surface area contributed by atoms with E-state index in [-0.39, 0.29) is 0 Å². The van der Waals surface area contributed by atoms with Crippen molar-refractivity contribution in [1.29, 1.82) is 0 Å². The highest BCUT2D eigenvalue weighted by molar-refractivity contribution is 6.63. The van der Waals surface area contributed by atoms with E-state index in [1.807, 2.05) is 47.4 Å². The van der Waals surface area contributed by atoms with Crippen LogP contribution in [0.15, 0.2) is 60.0 Å². The standard InChI is InChI=1S/C14H19NOSi/c1-17-11-9-15(10-12-17)14(16)13-7-5-3-2-4-6-8-13/h2-9,11,14,16-17H,10,12H2,1H3. The van der Waals surface area contributed by atoms with E-state index in [1.54, 1.807) is 0 Å². The van der Waals surface area contributed by atoms with Gasteiger partial charge < -0.3 is 10.0 Å². The number of allylic oxidation sites excluding steroid dienone is 6. The predicted octanol–water partition coefficient (Wildman–Crippen LogP) is 2.14. The molecule has 1 heterocycles. The van der Waals surface area contributed by atoms with E-state index in [0.717, 1.165) is 12.1 Å². The molecule has 0 aromatic carbocycles. The van der Waals surface area contributed by atoms with Crippen LogP contribution in [0.1, 0.15) is 0 Å². The van der Waals surface area contributed by atoms with Crippen molar-refractivity contribution in [3.8, 4) is 0 Å². The zero-order chi connectivity index (χ0) is 12.1. The summed E-state index contributed by atoms with van der Waals surface area (Å²) < 4.78 is 0. The first-order valence-electron chi connectivity index (χ1n) is 6.11. The average Bonchev–Trinajstić information content (AvgIpc) is 2.29. The fourth-order valence-electron chi connectivity index (χ4n) is 1.93. The first-order chi connectivity index (χ1) is 8.27. The number of aliphatic hydroxyl groups is 1. The Bertz CT molecular complexity index is 406. The summed E-state index contributed by atoms with van der Waals surface area (Å²) in [6.45, 7) is 3.30. The molecule has 0 fully saturated rings. The minimum atomic E-state index is -0.629. The fraction of sp³-hybridized carbons (Fsp3) is 0.286. The molecule has 0 spiro atoms. The summed E-state index contributed by atoms with van der Waals surface area (Å²) in [5, 5.41) is 10.3. The van der Waals surface area contributed by atoms with Crippen LogP contribution < -0.4 is 0 Å². The van der Waals surface area contributed by atoms with Crippen LogP contribution in [0.5, 0.6) is 0 Å². The van der Waals surface area contributed by atoms with Crippen LogP contribution in [0.3, 0.4) is 0 Å². The van der Waals surface area contributed by atoms with E-state index in [9.17, 15) is 5.11 Å². The van der Waals surface area contributed by atoms with Gasteiger partial charge in [0.15, 0.2) is 6.23 Å². The second-order valence-corrected chi connectivity index (χ2v) is 7.43. The van der Waals surface area contributed by atoms with Crippen LogP contribution in [0.2, 0.25) is 12.6 Å². The van der Waals surface area contributed by atoms with E-state index >= 15 is 0 Å². The van der Waals surface area contributed by atoms with Crippen molar-refractivity contribution in [2.45, 2.75) is 18.8 Å². The molecule has 2 aliphatic rings. The SMILES string of the molecule is C[SiH]1C=CN(C(O)C2=CC=CC=CC=C2)CC1. The van der Waals surface area contributed by atoms with Gasteiger partial charge >= 0.3 is 0 Å². The second kappa shape index (κ2) is 5.84. The normalized spacial score (nSPS) is 25.4. The average molecular weight is 245 g/mol. The Hall–Kier alpha value is -1.32. The van der Waals surface area contributed by atoms with Crippen molar-refractivity contribution in [1.82, 2.24) is 4.90 Å². The lowest BCUT2D eigenvalue weighted by atomic mass is 10.1. The Morgan fingerprint density at radius 3 is 2.76 bits per heavy atom. The Labute approximate surface area is 105 Å². The van der Waals surface area contributed by atoms with Crippen LogP contribution in [0, 0.1) is 0 Å². The molecule has 0 saturated carbocycles. The molecule has 0 aromatic heterocycles. The van der Waals surface area contributed by atoms with Gasteiger partial charge in [-0.1, -0.05) is 54.8 Å². The first-order valence-corrected chi connectivity index (χ1v) is 8.75. The largest absolute Gasteiger partial charge is 0.369 e. The lowest BCUT2D eigenvalue weighted by Crippen LogP contribution is -2.36. The predicted molar refractivity (Wildman–Crippen MR) is 75.2 cm³/mol. The fourth-order valence-corrected chi connectivity index (χ4v) is 3.34. The molecule has 1 N–H and O–H groups in total. The highest BCUT2D eigenvalue weighted by atomic mass is 28.3. The minimum Gasteiger partial charge on any atom is -0.369 e. The summed E-state index contributed by atoms with van der Waals surface area (Å²) in [7, 11) is -0.629. The third-order valence-electron chi connectivity index (χ3n) is 3.08. The zero-order valence-corrected chi connectivity index (χ0v) is 11.3. The first kappa shape index (κ1) is 12.1. The van der Waals surface area contributed by atoms with Gasteiger partial charge in [-0.05, 0) is 12.2 Å². The quantitative estimate of drug-likeness (QED) is 0.754. The number of hydrogen-bond donors (Lipinski definition) is 1. The maximum absolute atomic E-state index is 10.3. The van der Waals surface area contributed by atoms with Gasteiger partial charge in [0.1, 0.15) is 0 Å². The monoisotopic (exact) mass is 245 g/mol. The Kier molecular flexibility index (Phi) is 4.17. The molecule has 2 atom stereocenters. The van der Waals surface area contributed by atoms with Gasteiger partial charge in [-0.15, -0.1) is 0 Å². The summed E-state index contributed by atoms with van der Waals surface area (Å²) in [5.41, 5.74) is 3.22. The molecule has 2 rings (SSSR count). The van der Waals surface area contributed by atoms with Gasteiger partial charge in [-0.25, -0.2) is 0 Å². The Morgan fingerprint density at radius 1 is 1.24 bits per heavy atom. The van der Waals surface area contributed by atoms with Crippen LogP contribution in [-0.2, 0) is 0 Å². The molecular formula is C14H19NOSi. The maximum Gasteiger partial charge on any atom is 0.152 e. The van der Waals surface area contributed by atoms with E-state index in [0.29, 0.717) is 0 Å². The number of rotatable bonds is 2. The Morgan fingerprint density at radius 2 is 2.00 bits per heavy atom. The van der Waals surface area contributed by atoms with Gasteiger partial charge in [0.25, 0.3) is 0 Å². The van der Waals surface area contributed by atoms with Crippen molar-refractivity contribution in [3.63, 3.8) is 0 Å². The molecule has 0 saturated heterocycles. The third-order valence-corrected chi connectivity index (χ3v) is 5.08. The van der Waals surface area contributed by atoms with Crippen molar-refractivity contribution in [2.24, 2.45) is 0 Å². The van der Waals surface area contributed by atoms with Gasteiger partial charge in [0, 0.05) is 12.1 Å². The molecule has 90 valence electrons. The van der Waals surface area contributed by atoms with E-state index in [1.165, 1.54) is 6.04 Å². The van der Waals surface area contributed by atoms with Crippen molar-refractivity contribution in [3.05, 3.63) is 60.0 Å². The van der Waals surface area contributed by atoms with Crippen LogP contribution in [0.25, 0.3) is 0 Å². The van der Waals surface area contributed by atoms with Crippen LogP contribution in [-0.4, -0.2) is 31.6 Å². The molecule has 1 aliphatic heterocycles. The minimum absolute atomic E-state index is 0.528. The number of hydrogen-bond acceptors (Lipinski definition) is 2. The highest BCUT2D eigenvalue weighted by Crippen LogP contribution is 2.16. The van der Waals surface area contributed by atoms with Crippen molar-refractivity contribution in [2.75, 3.05) is 6.54 Å². The molecule has 0 amide bonds. The zero-order valence-electron chi connectivity index (χ0n) is 10.2. The maximum atomic E-state index is 10.3. The molecule has 3 heteroatoms. The number of aliphatic hydroxyl groups excluding tert-OH is 1. The Balaban J connectivity index is 2.09. The summed E-state index contributed by atoms with van der Waals surface area (Å²) in [6, 6.07) is 1.24.